The molecule has 0 unspecified atom stereocenters. The molecule has 2 N–H and O–H groups in total. The second-order valence-corrected chi connectivity index (χ2v) is 4.84. The van der Waals surface area contributed by atoms with Crippen LogP contribution in [0.4, 0.5) is 4.39 Å². The van der Waals surface area contributed by atoms with Gasteiger partial charge in [-0.2, -0.15) is 0 Å². The fourth-order valence-electron chi connectivity index (χ4n) is 2.21. The number of hydrogen-bond donors (Lipinski definition) is 1. The summed E-state index contributed by atoms with van der Waals surface area (Å²) in [7, 11) is 3.28. The van der Waals surface area contributed by atoms with Crippen molar-refractivity contribution in [1.29, 1.82) is 0 Å². The van der Waals surface area contributed by atoms with Crippen molar-refractivity contribution in [2.45, 2.75) is 13.0 Å². The number of nitrogens with two attached hydrogens (primary N) is 1. The maximum absolute atomic E-state index is 13.5. The maximum Gasteiger partial charge on any atom is 0.126 e. The van der Waals surface area contributed by atoms with Gasteiger partial charge in [0, 0.05) is 18.1 Å². The Hall–Kier alpha value is -2.07. The number of ether oxygens (including phenoxy) is 2. The number of methoxy groups -OCH3 is 2. The molecule has 0 atom stereocenters. The zero-order chi connectivity index (χ0) is 15.1. The average Bonchev–Trinajstić information content (AvgIpc) is 2.52. The lowest BCUT2D eigenvalue weighted by molar-refractivity contribution is -0.670. The summed E-state index contributed by atoms with van der Waals surface area (Å²) < 4.78 is 24.0. The van der Waals surface area contributed by atoms with E-state index in [1.807, 2.05) is 30.3 Å². The standard InChI is InChI=1S/C17H20FNO2/c1-20-15-9-13(10-16(11-15)21-2)12-19-8-7-14-5-3-4-6-17(14)18/h3-6,9-11,19H,7-8,12H2,1-2H3/p+1. The highest BCUT2D eigenvalue weighted by Crippen LogP contribution is 2.21. The molecule has 0 aromatic heterocycles. The number of rotatable bonds is 7. The maximum atomic E-state index is 13.5. The van der Waals surface area contributed by atoms with Crippen molar-refractivity contribution in [3.8, 4) is 11.5 Å². The lowest BCUT2D eigenvalue weighted by Crippen LogP contribution is -2.83. The zero-order valence-corrected chi connectivity index (χ0v) is 12.4. The summed E-state index contributed by atoms with van der Waals surface area (Å²) in [5.41, 5.74) is 1.89. The summed E-state index contributed by atoms with van der Waals surface area (Å²) in [6.45, 7) is 1.64. The van der Waals surface area contributed by atoms with Crippen molar-refractivity contribution < 1.29 is 19.2 Å². The molecular weight excluding hydrogens is 269 g/mol. The zero-order valence-electron chi connectivity index (χ0n) is 12.4. The molecule has 2 rings (SSSR count). The van der Waals surface area contributed by atoms with E-state index < -0.39 is 0 Å². The van der Waals surface area contributed by atoms with Gasteiger partial charge >= 0.3 is 0 Å². The van der Waals surface area contributed by atoms with Crippen LogP contribution in [0.15, 0.2) is 42.5 Å². The van der Waals surface area contributed by atoms with Gasteiger partial charge in [-0.05, 0) is 23.8 Å². The predicted molar refractivity (Wildman–Crippen MR) is 80.1 cm³/mol. The van der Waals surface area contributed by atoms with Crippen LogP contribution in [0.5, 0.6) is 11.5 Å². The molecule has 4 heteroatoms. The molecular formula is C17H21FNO2+. The van der Waals surface area contributed by atoms with Crippen LogP contribution in [0.3, 0.4) is 0 Å². The molecule has 0 aliphatic carbocycles. The summed E-state index contributed by atoms with van der Waals surface area (Å²) >= 11 is 0. The van der Waals surface area contributed by atoms with Crippen LogP contribution >= 0.6 is 0 Å². The number of benzene rings is 2. The van der Waals surface area contributed by atoms with Gasteiger partial charge in [0.25, 0.3) is 0 Å². The Labute approximate surface area is 124 Å². The van der Waals surface area contributed by atoms with Crippen LogP contribution in [0.2, 0.25) is 0 Å². The van der Waals surface area contributed by atoms with Gasteiger partial charge in [-0.3, -0.25) is 0 Å². The van der Waals surface area contributed by atoms with Crippen LogP contribution in [0.25, 0.3) is 0 Å². The minimum absolute atomic E-state index is 0.131. The monoisotopic (exact) mass is 290 g/mol. The SMILES string of the molecule is COc1cc(C[NH2+]CCc2ccccc2F)cc(OC)c1. The minimum atomic E-state index is -0.131. The fraction of sp³-hybridized carbons (Fsp3) is 0.294. The van der Waals surface area contributed by atoms with E-state index in [1.165, 1.54) is 6.07 Å². The lowest BCUT2D eigenvalue weighted by Gasteiger charge is -2.08. The summed E-state index contributed by atoms with van der Waals surface area (Å²) in [4.78, 5) is 0. The molecule has 2 aromatic rings. The molecule has 0 radical (unpaired) electrons. The van der Waals surface area contributed by atoms with E-state index in [1.54, 1.807) is 20.3 Å². The third kappa shape index (κ3) is 4.46. The first kappa shape index (κ1) is 15.3. The van der Waals surface area contributed by atoms with Crippen LogP contribution in [-0.4, -0.2) is 20.8 Å². The molecule has 21 heavy (non-hydrogen) atoms. The molecule has 0 saturated heterocycles. The number of halogens is 1. The number of hydrogen-bond acceptors (Lipinski definition) is 2. The van der Waals surface area contributed by atoms with E-state index in [0.29, 0.717) is 6.42 Å². The van der Waals surface area contributed by atoms with Gasteiger partial charge in [0.05, 0.1) is 20.8 Å². The first-order valence-electron chi connectivity index (χ1n) is 7.00. The van der Waals surface area contributed by atoms with E-state index in [9.17, 15) is 4.39 Å². The summed E-state index contributed by atoms with van der Waals surface area (Å²) in [6.07, 6.45) is 0.716. The van der Waals surface area contributed by atoms with E-state index in [4.69, 9.17) is 9.47 Å². The van der Waals surface area contributed by atoms with Crippen molar-refractivity contribution in [3.05, 3.63) is 59.4 Å². The van der Waals surface area contributed by atoms with Gasteiger partial charge in [0.1, 0.15) is 23.9 Å². The molecule has 3 nitrogen and oxygen atoms in total. The van der Waals surface area contributed by atoms with E-state index >= 15 is 0 Å². The predicted octanol–water partition coefficient (Wildman–Crippen LogP) is 2.15. The molecule has 112 valence electrons. The molecule has 0 aliphatic heterocycles. The van der Waals surface area contributed by atoms with Crippen LogP contribution < -0.4 is 14.8 Å². The Bertz CT molecular complexity index is 565. The van der Waals surface area contributed by atoms with Gasteiger partial charge in [0.2, 0.25) is 0 Å². The molecule has 0 fully saturated rings. The Balaban J connectivity index is 1.87. The molecule has 0 saturated carbocycles. The van der Waals surface area contributed by atoms with Crippen molar-refractivity contribution in [3.63, 3.8) is 0 Å². The average molecular weight is 290 g/mol. The second-order valence-electron chi connectivity index (χ2n) is 4.84. The lowest BCUT2D eigenvalue weighted by atomic mass is 10.1. The minimum Gasteiger partial charge on any atom is -0.497 e. The van der Waals surface area contributed by atoms with Crippen molar-refractivity contribution in [2.75, 3.05) is 20.8 Å². The highest BCUT2D eigenvalue weighted by molar-refractivity contribution is 5.38. The Morgan fingerprint density at radius 2 is 1.67 bits per heavy atom. The smallest absolute Gasteiger partial charge is 0.126 e. The van der Waals surface area contributed by atoms with Gasteiger partial charge in [-0.1, -0.05) is 18.2 Å². The van der Waals surface area contributed by atoms with Crippen molar-refractivity contribution >= 4 is 0 Å². The Morgan fingerprint density at radius 3 is 2.29 bits per heavy atom. The van der Waals surface area contributed by atoms with Crippen molar-refractivity contribution in [1.82, 2.24) is 0 Å². The third-order valence-corrected chi connectivity index (χ3v) is 3.37. The van der Waals surface area contributed by atoms with Crippen LogP contribution in [0.1, 0.15) is 11.1 Å². The van der Waals surface area contributed by atoms with Gasteiger partial charge in [0.15, 0.2) is 0 Å². The molecule has 2 aromatic carbocycles. The number of quaternary nitrogens is 1. The van der Waals surface area contributed by atoms with E-state index in [0.717, 1.165) is 35.7 Å². The van der Waals surface area contributed by atoms with Crippen LogP contribution in [0, 0.1) is 5.82 Å². The van der Waals surface area contributed by atoms with Crippen LogP contribution in [-0.2, 0) is 13.0 Å². The molecule has 0 amide bonds. The molecule has 0 spiro atoms. The Kier molecular flexibility index (Phi) is 5.58. The molecule has 0 heterocycles. The molecule has 0 bridgehead atoms. The highest BCUT2D eigenvalue weighted by atomic mass is 19.1. The summed E-state index contributed by atoms with van der Waals surface area (Å²) in [5.74, 6) is 1.44. The second kappa shape index (κ2) is 7.64. The first-order chi connectivity index (χ1) is 10.2. The quantitative estimate of drug-likeness (QED) is 0.793. The highest BCUT2D eigenvalue weighted by Gasteiger charge is 2.05. The first-order valence-corrected chi connectivity index (χ1v) is 7.00. The summed E-state index contributed by atoms with van der Waals surface area (Å²) in [5, 5.41) is 2.15. The van der Waals surface area contributed by atoms with Gasteiger partial charge in [-0.25, -0.2) is 4.39 Å². The normalized spacial score (nSPS) is 10.4. The third-order valence-electron chi connectivity index (χ3n) is 3.37. The largest absolute Gasteiger partial charge is 0.497 e. The fourth-order valence-corrected chi connectivity index (χ4v) is 2.21. The summed E-state index contributed by atoms with van der Waals surface area (Å²) in [6, 6.07) is 12.7. The van der Waals surface area contributed by atoms with E-state index in [2.05, 4.69) is 5.32 Å². The topological polar surface area (TPSA) is 35.1 Å². The van der Waals surface area contributed by atoms with E-state index in [-0.39, 0.29) is 5.82 Å². The van der Waals surface area contributed by atoms with Gasteiger partial charge in [-0.15, -0.1) is 0 Å². The molecule has 0 aliphatic rings. The van der Waals surface area contributed by atoms with Crippen molar-refractivity contribution in [2.24, 2.45) is 0 Å². The van der Waals surface area contributed by atoms with Gasteiger partial charge < -0.3 is 14.8 Å². The Morgan fingerprint density at radius 1 is 1.00 bits per heavy atom.